The summed E-state index contributed by atoms with van der Waals surface area (Å²) < 4.78 is 11.3. The number of ether oxygens (including phenoxy) is 2. The molecule has 4 aliphatic carbocycles. The van der Waals surface area contributed by atoms with Gasteiger partial charge in [-0.05, 0) is 81.3 Å². The van der Waals surface area contributed by atoms with Gasteiger partial charge in [0.1, 0.15) is 11.5 Å². The summed E-state index contributed by atoms with van der Waals surface area (Å²) in [6.07, 6.45) is 8.53. The van der Waals surface area contributed by atoms with Gasteiger partial charge < -0.3 is 9.47 Å². The lowest BCUT2D eigenvalue weighted by atomic mass is 9.40. The van der Waals surface area contributed by atoms with Gasteiger partial charge in [-0.3, -0.25) is 4.79 Å². The Kier molecular flexibility index (Phi) is 5.12. The van der Waals surface area contributed by atoms with Gasteiger partial charge in [0.05, 0.1) is 24.8 Å². The van der Waals surface area contributed by atoms with Crippen LogP contribution in [-0.4, -0.2) is 25.3 Å². The first-order valence-corrected chi connectivity index (χ1v) is 11.0. The van der Waals surface area contributed by atoms with E-state index in [0.717, 1.165) is 30.6 Å². The van der Waals surface area contributed by atoms with Crippen LogP contribution in [0.4, 0.5) is 0 Å². The van der Waals surface area contributed by atoms with Crippen molar-refractivity contribution in [1.29, 1.82) is 0 Å². The van der Waals surface area contributed by atoms with E-state index in [0.29, 0.717) is 35.7 Å². The maximum absolute atomic E-state index is 13.2. The second-order valence-electron chi connectivity index (χ2n) is 10.2. The Morgan fingerprint density at radius 2 is 1.79 bits per heavy atom. The van der Waals surface area contributed by atoms with Gasteiger partial charge in [0.2, 0.25) is 5.91 Å². The van der Waals surface area contributed by atoms with Crippen molar-refractivity contribution < 1.29 is 14.3 Å². The van der Waals surface area contributed by atoms with E-state index < -0.39 is 0 Å². The summed E-state index contributed by atoms with van der Waals surface area (Å²) in [7, 11) is 0. The minimum absolute atomic E-state index is 0.0965. The SMILES string of the molecule is CCOc1ccc(/C=N/NC(=O)C23CC4CC(C)(CC(C)(C4)C2)C3)c(OCC)c1. The number of amides is 1. The molecule has 0 spiro atoms. The molecule has 0 radical (unpaired) electrons. The topological polar surface area (TPSA) is 59.9 Å². The van der Waals surface area contributed by atoms with E-state index in [1.807, 2.05) is 32.0 Å². The van der Waals surface area contributed by atoms with Gasteiger partial charge >= 0.3 is 0 Å². The zero-order valence-corrected chi connectivity index (χ0v) is 18.2. The summed E-state index contributed by atoms with van der Waals surface area (Å²) in [5.74, 6) is 2.27. The monoisotopic (exact) mass is 398 g/mol. The average Bonchev–Trinajstić information content (AvgIpc) is 2.61. The van der Waals surface area contributed by atoms with Crippen LogP contribution < -0.4 is 14.9 Å². The fraction of sp³-hybridized carbons (Fsp3) is 0.667. The number of nitrogens with zero attached hydrogens (tertiary/aromatic N) is 1. The van der Waals surface area contributed by atoms with Crippen molar-refractivity contribution >= 4 is 12.1 Å². The molecule has 0 heterocycles. The summed E-state index contributed by atoms with van der Waals surface area (Å²) in [6, 6.07) is 5.69. The Bertz CT molecular complexity index is 800. The Hall–Kier alpha value is -2.04. The maximum atomic E-state index is 13.2. The standard InChI is InChI=1S/C24H34N2O3/c1-5-28-19-8-7-18(20(9-19)29-6-2)13-25-26-21(27)24-12-17-10-22(3,15-24)14-23(4,11-17)16-24/h7-9,13,17H,5-6,10-12,14-16H2,1-4H3,(H,26,27)/b25-13+. The minimum atomic E-state index is -0.248. The second-order valence-corrected chi connectivity index (χ2v) is 10.2. The Labute approximate surface area is 174 Å². The molecule has 1 aromatic carbocycles. The van der Waals surface area contributed by atoms with Crippen molar-refractivity contribution in [2.24, 2.45) is 27.3 Å². The predicted octanol–water partition coefficient (Wildman–Crippen LogP) is 4.93. The quantitative estimate of drug-likeness (QED) is 0.523. The van der Waals surface area contributed by atoms with Crippen LogP contribution in [-0.2, 0) is 4.79 Å². The van der Waals surface area contributed by atoms with Crippen LogP contribution in [0.3, 0.4) is 0 Å². The number of hydrazone groups is 1. The van der Waals surface area contributed by atoms with Crippen molar-refractivity contribution in [3.63, 3.8) is 0 Å². The highest BCUT2D eigenvalue weighted by molar-refractivity contribution is 5.87. The van der Waals surface area contributed by atoms with Crippen LogP contribution in [0.25, 0.3) is 0 Å². The maximum Gasteiger partial charge on any atom is 0.246 e. The van der Waals surface area contributed by atoms with E-state index in [4.69, 9.17) is 9.47 Å². The third-order valence-electron chi connectivity index (χ3n) is 7.07. The van der Waals surface area contributed by atoms with Crippen LogP contribution in [0, 0.1) is 22.2 Å². The first kappa shape index (κ1) is 20.2. The molecule has 1 aromatic rings. The molecule has 4 aliphatic rings. The van der Waals surface area contributed by atoms with E-state index in [1.165, 1.54) is 19.3 Å². The van der Waals surface area contributed by atoms with Crippen LogP contribution in [0.1, 0.15) is 71.8 Å². The van der Waals surface area contributed by atoms with Gasteiger partial charge in [-0.2, -0.15) is 5.10 Å². The summed E-state index contributed by atoms with van der Waals surface area (Å²) >= 11 is 0. The number of rotatable bonds is 7. The Morgan fingerprint density at radius 1 is 1.10 bits per heavy atom. The molecule has 1 amide bonds. The van der Waals surface area contributed by atoms with Crippen LogP contribution >= 0.6 is 0 Å². The lowest BCUT2D eigenvalue weighted by Gasteiger charge is -2.64. The normalized spacial score (nSPS) is 35.1. The van der Waals surface area contributed by atoms with E-state index in [-0.39, 0.29) is 11.3 Å². The Balaban J connectivity index is 1.48. The van der Waals surface area contributed by atoms with Gasteiger partial charge in [-0.15, -0.1) is 0 Å². The van der Waals surface area contributed by atoms with Gasteiger partial charge in [0, 0.05) is 11.6 Å². The molecular formula is C24H34N2O3. The fourth-order valence-electron chi connectivity index (χ4n) is 7.14. The third kappa shape index (κ3) is 3.88. The largest absolute Gasteiger partial charge is 0.494 e. The van der Waals surface area contributed by atoms with Crippen LogP contribution in [0.15, 0.2) is 23.3 Å². The molecule has 5 rings (SSSR count). The second kappa shape index (κ2) is 7.33. The van der Waals surface area contributed by atoms with Crippen molar-refractivity contribution in [3.05, 3.63) is 23.8 Å². The lowest BCUT2D eigenvalue weighted by Crippen LogP contribution is -2.59. The van der Waals surface area contributed by atoms with E-state index in [1.54, 1.807) is 6.21 Å². The molecule has 158 valence electrons. The molecule has 2 atom stereocenters. The molecule has 1 N–H and O–H groups in total. The van der Waals surface area contributed by atoms with Gasteiger partial charge in [0.25, 0.3) is 0 Å². The highest BCUT2D eigenvalue weighted by Crippen LogP contribution is 2.69. The highest BCUT2D eigenvalue weighted by atomic mass is 16.5. The molecule has 4 saturated carbocycles. The molecule has 0 saturated heterocycles. The molecular weight excluding hydrogens is 364 g/mol. The molecule has 4 fully saturated rings. The fourth-order valence-corrected chi connectivity index (χ4v) is 7.14. The third-order valence-corrected chi connectivity index (χ3v) is 7.07. The van der Waals surface area contributed by atoms with Gasteiger partial charge in [-0.1, -0.05) is 13.8 Å². The zero-order valence-electron chi connectivity index (χ0n) is 18.2. The molecule has 5 nitrogen and oxygen atoms in total. The van der Waals surface area contributed by atoms with Crippen molar-refractivity contribution in [3.8, 4) is 11.5 Å². The summed E-state index contributed by atoms with van der Waals surface area (Å²) in [5, 5.41) is 4.32. The number of carbonyl (C=O) groups is 1. The van der Waals surface area contributed by atoms with Crippen molar-refractivity contribution in [2.75, 3.05) is 13.2 Å². The zero-order chi connectivity index (χ0) is 20.7. The first-order chi connectivity index (χ1) is 13.8. The van der Waals surface area contributed by atoms with Crippen molar-refractivity contribution in [2.45, 2.75) is 66.2 Å². The number of hydrogen-bond donors (Lipinski definition) is 1. The summed E-state index contributed by atoms with van der Waals surface area (Å²) in [6.45, 7) is 9.84. The van der Waals surface area contributed by atoms with Crippen LogP contribution in [0.2, 0.25) is 0 Å². The predicted molar refractivity (Wildman–Crippen MR) is 114 cm³/mol. The molecule has 0 aromatic heterocycles. The average molecular weight is 399 g/mol. The first-order valence-electron chi connectivity index (χ1n) is 11.0. The molecule has 4 bridgehead atoms. The number of carbonyl (C=O) groups excluding carboxylic acids is 1. The van der Waals surface area contributed by atoms with Gasteiger partial charge in [-0.25, -0.2) is 5.43 Å². The summed E-state index contributed by atoms with van der Waals surface area (Å²) in [5.41, 5.74) is 4.08. The minimum Gasteiger partial charge on any atom is -0.494 e. The van der Waals surface area contributed by atoms with Crippen LogP contribution in [0.5, 0.6) is 11.5 Å². The molecule has 0 aliphatic heterocycles. The Morgan fingerprint density at radius 3 is 2.41 bits per heavy atom. The van der Waals surface area contributed by atoms with Crippen molar-refractivity contribution in [1.82, 2.24) is 5.43 Å². The highest BCUT2D eigenvalue weighted by Gasteiger charge is 2.62. The molecule has 2 unspecified atom stereocenters. The van der Waals surface area contributed by atoms with E-state index in [2.05, 4.69) is 24.4 Å². The lowest BCUT2D eigenvalue weighted by molar-refractivity contribution is -0.170. The van der Waals surface area contributed by atoms with Gasteiger partial charge in [0.15, 0.2) is 0 Å². The summed E-state index contributed by atoms with van der Waals surface area (Å²) in [4.78, 5) is 13.2. The number of nitrogens with one attached hydrogen (secondary N) is 1. The molecule has 29 heavy (non-hydrogen) atoms. The van der Waals surface area contributed by atoms with E-state index in [9.17, 15) is 4.79 Å². The number of benzene rings is 1. The molecule has 5 heteroatoms. The number of hydrogen-bond acceptors (Lipinski definition) is 4. The smallest absolute Gasteiger partial charge is 0.246 e. The van der Waals surface area contributed by atoms with E-state index >= 15 is 0 Å².